The van der Waals surface area contributed by atoms with Crippen LogP contribution >= 0.6 is 7.82 Å². The molecule has 0 aliphatic carbocycles. The standard InChI is InChI=1S/C90H154NO8P/c1-6-8-10-12-14-16-18-20-22-24-26-28-30-32-34-36-38-40-42-44-45-47-48-50-52-54-56-58-60-62-64-66-68-70-72-74-76-78-80-82-89(92)96-86-88(87-98-100(94,95)97-85-84-91(3,4)5)99-90(93)83-81-79-77-75-73-71-69-67-65-63-61-59-57-55-53-51-49-46-43-41-39-37-35-33-31-29-27-25-23-21-19-17-15-13-11-9-7-2/h8-11,14-17,20-23,26-29,32-35,38-41,46,49,88H,6-7,12-13,18-19,24-25,30-31,36-37,42-45,47-48,50-87H2,1-5H3/b10-8-,11-9-,16-14-,17-15-,22-20-,23-21-,28-26-,29-27-,34-32-,35-33-,40-38-,41-39-,49-46-. The van der Waals surface area contributed by atoms with Gasteiger partial charge in [0.15, 0.2) is 6.10 Å². The Hall–Kier alpha value is -4.37. The second-order valence-corrected chi connectivity index (χ2v) is 29.8. The molecule has 0 bridgehead atoms. The van der Waals surface area contributed by atoms with Crippen LogP contribution in [0.25, 0.3) is 0 Å². The number of quaternary nitrogens is 1. The average Bonchev–Trinajstić information content (AvgIpc) is 1.02. The van der Waals surface area contributed by atoms with Gasteiger partial charge in [-0.15, -0.1) is 0 Å². The van der Waals surface area contributed by atoms with Crippen LogP contribution in [0.5, 0.6) is 0 Å². The van der Waals surface area contributed by atoms with E-state index in [0.717, 1.165) is 122 Å². The van der Waals surface area contributed by atoms with Gasteiger partial charge >= 0.3 is 11.9 Å². The van der Waals surface area contributed by atoms with E-state index in [2.05, 4.69) is 172 Å². The maximum atomic E-state index is 12.9. The molecule has 0 heterocycles. The summed E-state index contributed by atoms with van der Waals surface area (Å²) in [7, 11) is 1.17. The number of phosphoric ester groups is 1. The van der Waals surface area contributed by atoms with E-state index < -0.39 is 26.5 Å². The SMILES string of the molecule is CC/C=C\C/C=C\C/C=C\C/C=C\C/C=C\C/C=C\C/C=C\CCCCCCCCCCCCCCCCCC(=O)OC(COC(=O)CCCCCCCCCCCCCCCCCCCCCC/C=C\C/C=C\C/C=C\C/C=C\C/C=C\C/C=C\CC)COP(=O)([O-])OCC[N+](C)(C)C. The highest BCUT2D eigenvalue weighted by Gasteiger charge is 2.22. The molecule has 2 atom stereocenters. The number of hydrogen-bond acceptors (Lipinski definition) is 8. The lowest BCUT2D eigenvalue weighted by atomic mass is 10.0. The van der Waals surface area contributed by atoms with Crippen molar-refractivity contribution in [2.75, 3.05) is 47.5 Å². The lowest BCUT2D eigenvalue weighted by Gasteiger charge is -2.28. The highest BCUT2D eigenvalue weighted by atomic mass is 31.2. The molecule has 0 spiro atoms. The third kappa shape index (κ3) is 82.6. The minimum absolute atomic E-state index is 0.0345. The summed E-state index contributed by atoms with van der Waals surface area (Å²) in [6, 6.07) is 0. The van der Waals surface area contributed by atoms with E-state index in [9.17, 15) is 19.0 Å². The topological polar surface area (TPSA) is 111 Å². The van der Waals surface area contributed by atoms with E-state index in [1.165, 1.54) is 193 Å². The smallest absolute Gasteiger partial charge is 0.306 e. The zero-order valence-corrected chi connectivity index (χ0v) is 66.2. The molecule has 0 amide bonds. The van der Waals surface area contributed by atoms with Crippen molar-refractivity contribution < 1.29 is 42.1 Å². The molecule has 10 heteroatoms. The molecule has 572 valence electrons. The molecule has 0 aromatic carbocycles. The number of ether oxygens (including phenoxy) is 2. The molecule has 0 rings (SSSR count). The number of esters is 2. The van der Waals surface area contributed by atoms with Crippen molar-refractivity contribution in [1.82, 2.24) is 0 Å². The normalized spacial score (nSPS) is 13.9. The Bertz CT molecular complexity index is 2250. The van der Waals surface area contributed by atoms with Gasteiger partial charge in [0, 0.05) is 12.8 Å². The lowest BCUT2D eigenvalue weighted by molar-refractivity contribution is -0.870. The summed E-state index contributed by atoms with van der Waals surface area (Å²) in [6.07, 6.45) is 118. The molecule has 0 aliphatic heterocycles. The number of hydrogen-bond donors (Lipinski definition) is 0. The number of phosphoric acid groups is 1. The molecule has 0 saturated carbocycles. The van der Waals surface area contributed by atoms with Gasteiger partial charge in [-0.05, 0) is 122 Å². The number of likely N-dealkylation sites (N-methyl/N-ethyl adjacent to an activating group) is 1. The van der Waals surface area contributed by atoms with Gasteiger partial charge in [0.25, 0.3) is 7.82 Å². The Morgan fingerprint density at radius 3 is 0.800 bits per heavy atom. The molecule has 2 unspecified atom stereocenters. The van der Waals surface area contributed by atoms with Crippen LogP contribution in [0.4, 0.5) is 0 Å². The number of unbranched alkanes of at least 4 members (excludes halogenated alkanes) is 35. The molecule has 0 aliphatic rings. The Balaban J connectivity index is 3.96. The molecule has 100 heavy (non-hydrogen) atoms. The summed E-state index contributed by atoms with van der Waals surface area (Å²) in [4.78, 5) is 38.2. The first-order valence-corrected chi connectivity index (χ1v) is 42.7. The summed E-state index contributed by atoms with van der Waals surface area (Å²) in [5.74, 6) is -0.825. The van der Waals surface area contributed by atoms with Gasteiger partial charge in [-0.3, -0.25) is 14.2 Å². The van der Waals surface area contributed by atoms with Gasteiger partial charge in [-0.2, -0.15) is 0 Å². The molecule has 0 N–H and O–H groups in total. The molecule has 0 fully saturated rings. The second-order valence-electron chi connectivity index (χ2n) is 28.4. The third-order valence-corrected chi connectivity index (χ3v) is 18.5. The van der Waals surface area contributed by atoms with E-state index in [1.54, 1.807) is 0 Å². The van der Waals surface area contributed by atoms with Crippen molar-refractivity contribution >= 4 is 19.8 Å². The maximum Gasteiger partial charge on any atom is 0.306 e. The predicted octanol–water partition coefficient (Wildman–Crippen LogP) is 27.2. The van der Waals surface area contributed by atoms with Gasteiger partial charge in [-0.1, -0.05) is 371 Å². The van der Waals surface area contributed by atoms with Gasteiger partial charge in [0.2, 0.25) is 0 Å². The number of carbonyl (C=O) groups is 2. The molecule has 0 aromatic rings. The van der Waals surface area contributed by atoms with Crippen LogP contribution in [-0.2, 0) is 32.7 Å². The van der Waals surface area contributed by atoms with E-state index in [4.69, 9.17) is 18.5 Å². The highest BCUT2D eigenvalue weighted by Crippen LogP contribution is 2.38. The first-order valence-electron chi connectivity index (χ1n) is 41.2. The number of nitrogens with zero attached hydrogens (tertiary/aromatic N) is 1. The van der Waals surface area contributed by atoms with Gasteiger partial charge in [-0.25, -0.2) is 0 Å². The molecule has 9 nitrogen and oxygen atoms in total. The Labute approximate surface area is 617 Å². The van der Waals surface area contributed by atoms with E-state index in [0.29, 0.717) is 17.4 Å². The van der Waals surface area contributed by atoms with Crippen LogP contribution in [0.15, 0.2) is 158 Å². The highest BCUT2D eigenvalue weighted by molar-refractivity contribution is 7.45. The van der Waals surface area contributed by atoms with Gasteiger partial charge < -0.3 is 27.9 Å². The Morgan fingerprint density at radius 2 is 0.540 bits per heavy atom. The first-order chi connectivity index (χ1) is 49.0. The fourth-order valence-corrected chi connectivity index (χ4v) is 12.1. The Morgan fingerprint density at radius 1 is 0.310 bits per heavy atom. The lowest BCUT2D eigenvalue weighted by Crippen LogP contribution is -2.37. The minimum Gasteiger partial charge on any atom is -0.756 e. The summed E-state index contributed by atoms with van der Waals surface area (Å²) < 4.78 is 34.4. The van der Waals surface area contributed by atoms with Crippen molar-refractivity contribution in [2.24, 2.45) is 0 Å². The fraction of sp³-hybridized carbons (Fsp3) is 0.689. The number of allylic oxidation sites excluding steroid dienone is 26. The van der Waals surface area contributed by atoms with E-state index in [1.807, 2.05) is 21.1 Å². The summed E-state index contributed by atoms with van der Waals surface area (Å²) in [6.45, 7) is 4.04. The van der Waals surface area contributed by atoms with Crippen LogP contribution in [0.3, 0.4) is 0 Å². The Kier molecular flexibility index (Phi) is 75.3. The van der Waals surface area contributed by atoms with E-state index in [-0.39, 0.29) is 32.0 Å². The van der Waals surface area contributed by atoms with Gasteiger partial charge in [0.05, 0.1) is 27.7 Å². The van der Waals surface area contributed by atoms with Crippen LogP contribution < -0.4 is 4.89 Å². The average molecular weight is 1410 g/mol. The molecule has 0 saturated heterocycles. The van der Waals surface area contributed by atoms with Gasteiger partial charge in [0.1, 0.15) is 19.8 Å². The number of rotatable bonds is 75. The van der Waals surface area contributed by atoms with E-state index >= 15 is 0 Å². The van der Waals surface area contributed by atoms with Crippen molar-refractivity contribution in [3.05, 3.63) is 158 Å². The van der Waals surface area contributed by atoms with Crippen LogP contribution in [0.1, 0.15) is 348 Å². The molecular weight excluding hydrogens is 1250 g/mol. The molecule has 0 aromatic heterocycles. The summed E-state index contributed by atoms with van der Waals surface area (Å²) in [5, 5.41) is 0. The summed E-state index contributed by atoms with van der Waals surface area (Å²) in [5.41, 5.74) is 0. The molecule has 0 radical (unpaired) electrons. The van der Waals surface area contributed by atoms with Crippen molar-refractivity contribution in [1.29, 1.82) is 0 Å². The van der Waals surface area contributed by atoms with Crippen LogP contribution in [0, 0.1) is 0 Å². The predicted molar refractivity (Wildman–Crippen MR) is 434 cm³/mol. The maximum absolute atomic E-state index is 12.9. The zero-order valence-electron chi connectivity index (χ0n) is 65.3. The third-order valence-electron chi connectivity index (χ3n) is 17.5. The summed E-state index contributed by atoms with van der Waals surface area (Å²) >= 11 is 0. The zero-order chi connectivity index (χ0) is 72.5. The quantitative estimate of drug-likeness (QED) is 0.0195. The van der Waals surface area contributed by atoms with Crippen LogP contribution in [-0.4, -0.2) is 70.0 Å². The largest absolute Gasteiger partial charge is 0.756 e. The van der Waals surface area contributed by atoms with Crippen molar-refractivity contribution in [3.63, 3.8) is 0 Å². The monoisotopic (exact) mass is 1410 g/mol. The number of carbonyl (C=O) groups excluding carboxylic acids is 2. The minimum atomic E-state index is -4.65. The second kappa shape index (κ2) is 78.8. The van der Waals surface area contributed by atoms with Crippen molar-refractivity contribution in [3.8, 4) is 0 Å². The fourth-order valence-electron chi connectivity index (χ4n) is 11.4. The first kappa shape index (κ1) is 95.6. The molecular formula is C90H154NO8P. The van der Waals surface area contributed by atoms with Crippen LogP contribution in [0.2, 0.25) is 0 Å². The van der Waals surface area contributed by atoms with Crippen molar-refractivity contribution in [2.45, 2.75) is 354 Å².